The van der Waals surface area contributed by atoms with Gasteiger partial charge in [-0.3, -0.25) is 19.3 Å². The van der Waals surface area contributed by atoms with E-state index in [1.165, 1.54) is 7.05 Å². The third kappa shape index (κ3) is 3.50. The normalized spacial score (nSPS) is 23.6. The molecule has 0 aromatic carbocycles. The molecule has 2 heterocycles. The summed E-state index contributed by atoms with van der Waals surface area (Å²) >= 11 is 0. The van der Waals surface area contributed by atoms with Crippen molar-refractivity contribution in [2.75, 3.05) is 20.1 Å². The van der Waals surface area contributed by atoms with Gasteiger partial charge in [0.05, 0.1) is 6.42 Å². The molecule has 2 rings (SSSR count). The lowest BCUT2D eigenvalue weighted by Gasteiger charge is -2.31. The van der Waals surface area contributed by atoms with E-state index in [0.29, 0.717) is 25.9 Å². The summed E-state index contributed by atoms with van der Waals surface area (Å²) in [5, 5.41) is 11.3. The quantitative estimate of drug-likeness (QED) is 0.692. The van der Waals surface area contributed by atoms with Gasteiger partial charge in [0, 0.05) is 26.6 Å². The summed E-state index contributed by atoms with van der Waals surface area (Å²) in [6.07, 6.45) is 1.39. The van der Waals surface area contributed by atoms with Gasteiger partial charge in [-0.15, -0.1) is 0 Å². The van der Waals surface area contributed by atoms with Crippen molar-refractivity contribution in [3.63, 3.8) is 0 Å². The van der Waals surface area contributed by atoms with Crippen LogP contribution in [0, 0.1) is 5.92 Å². The predicted octanol–water partition coefficient (Wildman–Crippen LogP) is -0.360. The first-order chi connectivity index (χ1) is 9.88. The van der Waals surface area contributed by atoms with E-state index in [9.17, 15) is 19.2 Å². The molecule has 2 N–H and O–H groups in total. The van der Waals surface area contributed by atoms with E-state index < -0.39 is 17.9 Å². The Balaban J connectivity index is 1.82. The Morgan fingerprint density at radius 2 is 1.90 bits per heavy atom. The van der Waals surface area contributed by atoms with Crippen LogP contribution < -0.4 is 5.32 Å². The van der Waals surface area contributed by atoms with E-state index >= 15 is 0 Å². The molecule has 0 aromatic heterocycles. The SMILES string of the molecule is CN1C(=O)CC(NC(=O)N2CCC(CC(=O)O)CC2)C1=O. The number of carboxylic acids is 1. The first-order valence-electron chi connectivity index (χ1n) is 6.96. The highest BCUT2D eigenvalue weighted by atomic mass is 16.4. The van der Waals surface area contributed by atoms with E-state index in [-0.39, 0.29) is 30.7 Å². The predicted molar refractivity (Wildman–Crippen MR) is 71.3 cm³/mol. The van der Waals surface area contributed by atoms with Crippen molar-refractivity contribution in [1.82, 2.24) is 15.1 Å². The molecule has 1 unspecified atom stereocenters. The Hall–Kier alpha value is -2.12. The number of rotatable bonds is 3. The lowest BCUT2D eigenvalue weighted by Crippen LogP contribution is -2.50. The lowest BCUT2D eigenvalue weighted by atomic mass is 9.94. The number of likely N-dealkylation sites (tertiary alicyclic amines) is 2. The van der Waals surface area contributed by atoms with E-state index in [4.69, 9.17) is 5.11 Å². The summed E-state index contributed by atoms with van der Waals surface area (Å²) in [7, 11) is 1.40. The third-order valence-corrected chi connectivity index (χ3v) is 4.04. The average molecular weight is 297 g/mol. The molecule has 0 aliphatic carbocycles. The van der Waals surface area contributed by atoms with Crippen molar-refractivity contribution in [2.24, 2.45) is 5.92 Å². The monoisotopic (exact) mass is 297 g/mol. The summed E-state index contributed by atoms with van der Waals surface area (Å²) in [5.41, 5.74) is 0. The van der Waals surface area contributed by atoms with Gasteiger partial charge < -0.3 is 15.3 Å². The number of hydrogen-bond acceptors (Lipinski definition) is 4. The Labute approximate surface area is 122 Å². The highest BCUT2D eigenvalue weighted by molar-refractivity contribution is 6.06. The molecule has 0 radical (unpaired) electrons. The van der Waals surface area contributed by atoms with Gasteiger partial charge in [-0.05, 0) is 18.8 Å². The van der Waals surface area contributed by atoms with Crippen LogP contribution in [-0.2, 0) is 14.4 Å². The number of nitrogens with one attached hydrogen (secondary N) is 1. The van der Waals surface area contributed by atoms with Gasteiger partial charge in [0.25, 0.3) is 5.91 Å². The Bertz CT molecular complexity index is 470. The van der Waals surface area contributed by atoms with Crippen molar-refractivity contribution in [2.45, 2.75) is 31.7 Å². The molecule has 21 heavy (non-hydrogen) atoms. The minimum Gasteiger partial charge on any atom is -0.481 e. The second-order valence-corrected chi connectivity index (χ2v) is 5.53. The van der Waals surface area contributed by atoms with Crippen LogP contribution in [0.5, 0.6) is 0 Å². The van der Waals surface area contributed by atoms with Crippen LogP contribution in [0.3, 0.4) is 0 Å². The number of carbonyl (C=O) groups excluding carboxylic acids is 3. The lowest BCUT2D eigenvalue weighted by molar-refractivity contribution is -0.139. The molecule has 0 saturated carbocycles. The Morgan fingerprint density at radius 1 is 1.29 bits per heavy atom. The molecule has 2 saturated heterocycles. The van der Waals surface area contributed by atoms with E-state index in [1.54, 1.807) is 4.90 Å². The standard InChI is InChI=1S/C13H19N3O5/c1-15-10(17)7-9(12(15)20)14-13(21)16-4-2-8(3-5-16)6-11(18)19/h8-9H,2-7H2,1H3,(H,14,21)(H,18,19). The molecule has 0 bridgehead atoms. The van der Waals surface area contributed by atoms with Crippen LogP contribution in [-0.4, -0.2) is 64.9 Å². The van der Waals surface area contributed by atoms with E-state index in [0.717, 1.165) is 4.90 Å². The second-order valence-electron chi connectivity index (χ2n) is 5.53. The van der Waals surface area contributed by atoms with Crippen molar-refractivity contribution < 1.29 is 24.3 Å². The number of hydrogen-bond donors (Lipinski definition) is 2. The molecule has 8 nitrogen and oxygen atoms in total. The molecule has 2 aliphatic rings. The summed E-state index contributed by atoms with van der Waals surface area (Å²) in [5.74, 6) is -1.43. The highest BCUT2D eigenvalue weighted by Crippen LogP contribution is 2.20. The maximum atomic E-state index is 12.1. The average Bonchev–Trinajstić information content (AvgIpc) is 2.66. The first kappa shape index (κ1) is 15.3. The maximum Gasteiger partial charge on any atom is 0.318 e. The van der Waals surface area contributed by atoms with Gasteiger partial charge in [-0.25, -0.2) is 4.79 Å². The maximum absolute atomic E-state index is 12.1. The molecule has 1 atom stereocenters. The minimum absolute atomic E-state index is 0.00342. The highest BCUT2D eigenvalue weighted by Gasteiger charge is 2.38. The van der Waals surface area contributed by atoms with Crippen LogP contribution in [0.4, 0.5) is 4.79 Å². The van der Waals surface area contributed by atoms with Crippen molar-refractivity contribution in [1.29, 1.82) is 0 Å². The van der Waals surface area contributed by atoms with E-state index in [2.05, 4.69) is 5.32 Å². The summed E-state index contributed by atoms with van der Waals surface area (Å²) in [6, 6.07) is -1.16. The van der Waals surface area contributed by atoms with Crippen molar-refractivity contribution >= 4 is 23.8 Å². The van der Waals surface area contributed by atoms with Gasteiger partial charge in [0.2, 0.25) is 5.91 Å². The number of likely N-dealkylation sites (N-methyl/N-ethyl adjacent to an activating group) is 1. The first-order valence-corrected chi connectivity index (χ1v) is 6.96. The van der Waals surface area contributed by atoms with Crippen molar-refractivity contribution in [3.8, 4) is 0 Å². The molecular weight excluding hydrogens is 278 g/mol. The van der Waals surface area contributed by atoms with Crippen molar-refractivity contribution in [3.05, 3.63) is 0 Å². The summed E-state index contributed by atoms with van der Waals surface area (Å²) in [4.78, 5) is 48.4. The molecule has 2 aliphatic heterocycles. The number of carbonyl (C=O) groups is 4. The van der Waals surface area contributed by atoms with Crippen LogP contribution in [0.1, 0.15) is 25.7 Å². The molecule has 116 valence electrons. The smallest absolute Gasteiger partial charge is 0.318 e. The number of urea groups is 1. The number of carboxylic acid groups (broad SMARTS) is 1. The fraction of sp³-hybridized carbons (Fsp3) is 0.692. The topological polar surface area (TPSA) is 107 Å². The summed E-state index contributed by atoms with van der Waals surface area (Å²) in [6.45, 7) is 0.933. The Kier molecular flexibility index (Phi) is 4.44. The molecule has 8 heteroatoms. The number of aliphatic carboxylic acids is 1. The van der Waals surface area contributed by atoms with Crippen LogP contribution >= 0.6 is 0 Å². The minimum atomic E-state index is -0.823. The van der Waals surface area contributed by atoms with Crippen LogP contribution in [0.2, 0.25) is 0 Å². The van der Waals surface area contributed by atoms with Crippen LogP contribution in [0.15, 0.2) is 0 Å². The van der Waals surface area contributed by atoms with Gasteiger partial charge in [0.15, 0.2) is 0 Å². The third-order valence-electron chi connectivity index (χ3n) is 4.04. The molecule has 4 amide bonds. The molecule has 0 aromatic rings. The van der Waals surface area contributed by atoms with Gasteiger partial charge >= 0.3 is 12.0 Å². The number of amides is 4. The number of nitrogens with zero attached hydrogens (tertiary/aromatic N) is 2. The van der Waals surface area contributed by atoms with Gasteiger partial charge in [-0.2, -0.15) is 0 Å². The molecule has 2 fully saturated rings. The zero-order valence-electron chi connectivity index (χ0n) is 11.9. The van der Waals surface area contributed by atoms with Gasteiger partial charge in [0.1, 0.15) is 6.04 Å². The molecule has 0 spiro atoms. The zero-order valence-corrected chi connectivity index (χ0v) is 11.9. The number of imide groups is 1. The largest absolute Gasteiger partial charge is 0.481 e. The Morgan fingerprint density at radius 3 is 2.38 bits per heavy atom. The number of piperidine rings is 1. The summed E-state index contributed by atoms with van der Waals surface area (Å²) < 4.78 is 0. The fourth-order valence-corrected chi connectivity index (χ4v) is 2.70. The van der Waals surface area contributed by atoms with Crippen LogP contribution in [0.25, 0.3) is 0 Å². The van der Waals surface area contributed by atoms with E-state index in [1.807, 2.05) is 0 Å². The second kappa shape index (κ2) is 6.11. The fourth-order valence-electron chi connectivity index (χ4n) is 2.70. The van der Waals surface area contributed by atoms with Gasteiger partial charge in [-0.1, -0.05) is 0 Å². The molecular formula is C13H19N3O5. The zero-order chi connectivity index (χ0) is 15.6.